The number of carbonyl (C=O) groups excluding carboxylic acids is 2. The topological polar surface area (TPSA) is 77.9 Å². The SMILES string of the molecule is CN(CCC(=O)O)C(=O)C1CCN(C(=O)c2ccc(F)cc2F)CC1. The highest BCUT2D eigenvalue weighted by Gasteiger charge is 2.30. The van der Waals surface area contributed by atoms with Crippen LogP contribution in [0, 0.1) is 17.6 Å². The maximum absolute atomic E-state index is 13.7. The molecule has 1 aromatic carbocycles. The Balaban J connectivity index is 1.91. The Morgan fingerprint density at radius 2 is 1.88 bits per heavy atom. The zero-order valence-electron chi connectivity index (χ0n) is 13.9. The van der Waals surface area contributed by atoms with E-state index >= 15 is 0 Å². The van der Waals surface area contributed by atoms with E-state index in [2.05, 4.69) is 0 Å². The molecule has 1 aliphatic heterocycles. The van der Waals surface area contributed by atoms with Crippen molar-refractivity contribution < 1.29 is 28.3 Å². The first kappa shape index (κ1) is 18.8. The molecule has 25 heavy (non-hydrogen) atoms. The largest absolute Gasteiger partial charge is 0.481 e. The van der Waals surface area contributed by atoms with Gasteiger partial charge in [-0.25, -0.2) is 8.78 Å². The first-order valence-corrected chi connectivity index (χ1v) is 8.00. The summed E-state index contributed by atoms with van der Waals surface area (Å²) in [6.07, 6.45) is 0.721. The van der Waals surface area contributed by atoms with E-state index in [1.54, 1.807) is 7.05 Å². The van der Waals surface area contributed by atoms with Crippen molar-refractivity contribution in [2.24, 2.45) is 5.92 Å². The van der Waals surface area contributed by atoms with Crippen molar-refractivity contribution in [3.05, 3.63) is 35.4 Å². The van der Waals surface area contributed by atoms with Crippen LogP contribution in [0.2, 0.25) is 0 Å². The molecule has 0 aromatic heterocycles. The Kier molecular flexibility index (Phi) is 6.06. The first-order valence-electron chi connectivity index (χ1n) is 8.00. The molecular formula is C17H20F2N2O4. The molecule has 0 saturated carbocycles. The van der Waals surface area contributed by atoms with Gasteiger partial charge in [-0.15, -0.1) is 0 Å². The molecule has 8 heteroatoms. The highest BCUT2D eigenvalue weighted by Crippen LogP contribution is 2.22. The monoisotopic (exact) mass is 354 g/mol. The van der Waals surface area contributed by atoms with Gasteiger partial charge in [0.1, 0.15) is 11.6 Å². The summed E-state index contributed by atoms with van der Waals surface area (Å²) < 4.78 is 26.7. The molecule has 1 fully saturated rings. The molecule has 1 saturated heterocycles. The Morgan fingerprint density at radius 3 is 2.44 bits per heavy atom. The van der Waals surface area contributed by atoms with Crippen LogP contribution in [0.1, 0.15) is 29.6 Å². The molecule has 1 heterocycles. The number of carbonyl (C=O) groups is 3. The quantitative estimate of drug-likeness (QED) is 0.874. The van der Waals surface area contributed by atoms with Gasteiger partial charge in [-0.1, -0.05) is 0 Å². The lowest BCUT2D eigenvalue weighted by atomic mass is 9.94. The average Bonchev–Trinajstić information content (AvgIpc) is 2.58. The molecule has 1 aliphatic rings. The van der Waals surface area contributed by atoms with Crippen molar-refractivity contribution >= 4 is 17.8 Å². The second-order valence-corrected chi connectivity index (χ2v) is 6.09. The van der Waals surface area contributed by atoms with E-state index in [1.165, 1.54) is 9.80 Å². The molecule has 1 aromatic rings. The third-order valence-electron chi connectivity index (χ3n) is 4.33. The summed E-state index contributed by atoms with van der Waals surface area (Å²) in [4.78, 5) is 38.0. The molecule has 0 radical (unpaired) electrons. The molecule has 1 N–H and O–H groups in total. The molecule has 0 unspecified atom stereocenters. The number of halogens is 2. The number of hydrogen-bond acceptors (Lipinski definition) is 3. The zero-order chi connectivity index (χ0) is 18.6. The molecule has 136 valence electrons. The summed E-state index contributed by atoms with van der Waals surface area (Å²) in [5, 5.41) is 8.66. The average molecular weight is 354 g/mol. The molecule has 2 amide bonds. The number of likely N-dealkylation sites (tertiary alicyclic amines) is 1. The minimum absolute atomic E-state index is 0.122. The number of hydrogen-bond donors (Lipinski definition) is 1. The number of piperidine rings is 1. The van der Waals surface area contributed by atoms with Crippen molar-refractivity contribution in [2.45, 2.75) is 19.3 Å². The van der Waals surface area contributed by atoms with Gasteiger partial charge >= 0.3 is 5.97 Å². The highest BCUT2D eigenvalue weighted by molar-refractivity contribution is 5.94. The number of benzene rings is 1. The summed E-state index contributed by atoms with van der Waals surface area (Å²) >= 11 is 0. The third kappa shape index (κ3) is 4.74. The number of nitrogens with zero attached hydrogens (tertiary/aromatic N) is 2. The van der Waals surface area contributed by atoms with Crippen LogP contribution in [-0.4, -0.2) is 59.4 Å². The van der Waals surface area contributed by atoms with Crippen molar-refractivity contribution in [2.75, 3.05) is 26.7 Å². The second-order valence-electron chi connectivity index (χ2n) is 6.09. The van der Waals surface area contributed by atoms with Crippen LogP contribution < -0.4 is 0 Å². The Bertz CT molecular complexity index is 673. The zero-order valence-corrected chi connectivity index (χ0v) is 13.9. The normalized spacial score (nSPS) is 15.1. The number of aliphatic carboxylic acids is 1. The van der Waals surface area contributed by atoms with E-state index in [0.717, 1.165) is 12.1 Å². The van der Waals surface area contributed by atoms with Crippen LogP contribution in [0.25, 0.3) is 0 Å². The minimum atomic E-state index is -0.971. The van der Waals surface area contributed by atoms with Crippen molar-refractivity contribution in [3.63, 3.8) is 0 Å². The molecule has 2 rings (SSSR count). The van der Waals surface area contributed by atoms with Crippen molar-refractivity contribution in [3.8, 4) is 0 Å². The molecule has 6 nitrogen and oxygen atoms in total. The smallest absolute Gasteiger partial charge is 0.305 e. The van der Waals surface area contributed by atoms with E-state index in [0.29, 0.717) is 32.0 Å². The van der Waals surface area contributed by atoms with Gasteiger partial charge in [-0.05, 0) is 25.0 Å². The van der Waals surface area contributed by atoms with Crippen LogP contribution in [-0.2, 0) is 9.59 Å². The number of carboxylic acids is 1. The fourth-order valence-electron chi connectivity index (χ4n) is 2.85. The van der Waals surface area contributed by atoms with Gasteiger partial charge in [0.05, 0.1) is 12.0 Å². The minimum Gasteiger partial charge on any atom is -0.481 e. The standard InChI is InChI=1S/C17H20F2N2O4/c1-20(7-6-15(22)23)16(24)11-4-8-21(9-5-11)17(25)13-3-2-12(18)10-14(13)19/h2-3,10-11H,4-9H2,1H3,(H,22,23). The summed E-state index contributed by atoms with van der Waals surface area (Å²) in [5.41, 5.74) is -0.190. The van der Waals surface area contributed by atoms with Gasteiger partial charge in [0.15, 0.2) is 0 Å². The number of carboxylic acid groups (broad SMARTS) is 1. The molecule has 0 aliphatic carbocycles. The Hall–Kier alpha value is -2.51. The summed E-state index contributed by atoms with van der Waals surface area (Å²) in [5.74, 6) is -3.59. The van der Waals surface area contributed by atoms with Crippen LogP contribution in [0.15, 0.2) is 18.2 Å². The molecule has 0 bridgehead atoms. The highest BCUT2D eigenvalue weighted by atomic mass is 19.1. The third-order valence-corrected chi connectivity index (χ3v) is 4.33. The second kappa shape index (κ2) is 8.04. The van der Waals surface area contributed by atoms with E-state index < -0.39 is 23.5 Å². The van der Waals surface area contributed by atoms with Crippen molar-refractivity contribution in [1.29, 1.82) is 0 Å². The first-order chi connectivity index (χ1) is 11.8. The van der Waals surface area contributed by atoms with Gasteiger partial charge in [0, 0.05) is 38.7 Å². The van der Waals surface area contributed by atoms with E-state index in [9.17, 15) is 23.2 Å². The lowest BCUT2D eigenvalue weighted by Gasteiger charge is -2.33. The summed E-state index contributed by atoms with van der Waals surface area (Å²) in [6, 6.07) is 2.81. The summed E-state index contributed by atoms with van der Waals surface area (Å²) in [7, 11) is 1.55. The predicted molar refractivity (Wildman–Crippen MR) is 84.9 cm³/mol. The number of rotatable bonds is 5. The van der Waals surface area contributed by atoms with Crippen LogP contribution >= 0.6 is 0 Å². The molecule has 0 atom stereocenters. The lowest BCUT2D eigenvalue weighted by Crippen LogP contribution is -2.44. The van der Waals surface area contributed by atoms with Gasteiger partial charge in [-0.3, -0.25) is 14.4 Å². The van der Waals surface area contributed by atoms with E-state index in [4.69, 9.17) is 5.11 Å². The van der Waals surface area contributed by atoms with E-state index in [-0.39, 0.29) is 30.4 Å². The van der Waals surface area contributed by atoms with Crippen molar-refractivity contribution in [1.82, 2.24) is 9.80 Å². The van der Waals surface area contributed by atoms with Gasteiger partial charge in [-0.2, -0.15) is 0 Å². The van der Waals surface area contributed by atoms with Gasteiger partial charge in [0.25, 0.3) is 5.91 Å². The lowest BCUT2D eigenvalue weighted by molar-refractivity contribution is -0.139. The Labute approximate surface area is 144 Å². The molecular weight excluding hydrogens is 334 g/mol. The van der Waals surface area contributed by atoms with Gasteiger partial charge in [0.2, 0.25) is 5.91 Å². The maximum Gasteiger partial charge on any atom is 0.305 e. The number of amides is 2. The fourth-order valence-corrected chi connectivity index (χ4v) is 2.85. The predicted octanol–water partition coefficient (Wildman–Crippen LogP) is 1.75. The Morgan fingerprint density at radius 1 is 1.24 bits per heavy atom. The van der Waals surface area contributed by atoms with Crippen LogP contribution in [0.5, 0.6) is 0 Å². The maximum atomic E-state index is 13.7. The fraction of sp³-hybridized carbons (Fsp3) is 0.471. The van der Waals surface area contributed by atoms with Gasteiger partial charge < -0.3 is 14.9 Å². The van der Waals surface area contributed by atoms with E-state index in [1.807, 2.05) is 0 Å². The molecule has 0 spiro atoms. The van der Waals surface area contributed by atoms with Crippen LogP contribution in [0.4, 0.5) is 8.78 Å². The van der Waals surface area contributed by atoms with Crippen LogP contribution in [0.3, 0.4) is 0 Å². The summed E-state index contributed by atoms with van der Waals surface area (Å²) in [6.45, 7) is 0.714.